The van der Waals surface area contributed by atoms with E-state index in [1.807, 2.05) is 16.8 Å². The van der Waals surface area contributed by atoms with Crippen LogP contribution in [0.5, 0.6) is 0 Å². The van der Waals surface area contributed by atoms with Crippen molar-refractivity contribution in [3.05, 3.63) is 27.9 Å². The van der Waals surface area contributed by atoms with Crippen LogP contribution < -0.4 is 5.32 Å². The zero-order chi connectivity index (χ0) is 15.2. The molecule has 0 unspecified atom stereocenters. The summed E-state index contributed by atoms with van der Waals surface area (Å²) in [5, 5.41) is 9.16. The first-order valence-corrected chi connectivity index (χ1v) is 8.34. The molecule has 2 heterocycles. The van der Waals surface area contributed by atoms with Crippen LogP contribution >= 0.6 is 22.7 Å². The highest BCUT2D eigenvalue weighted by Crippen LogP contribution is 2.25. The van der Waals surface area contributed by atoms with Crippen molar-refractivity contribution in [1.82, 2.24) is 10.3 Å². The molecule has 0 atom stereocenters. The van der Waals surface area contributed by atoms with Crippen molar-refractivity contribution in [1.29, 1.82) is 0 Å². The third-order valence-electron chi connectivity index (χ3n) is 2.49. The van der Waals surface area contributed by atoms with Gasteiger partial charge in [0, 0.05) is 22.9 Å². The second-order valence-corrected chi connectivity index (χ2v) is 6.23. The molecule has 0 radical (unpaired) electrons. The molecule has 1 amide bonds. The summed E-state index contributed by atoms with van der Waals surface area (Å²) in [7, 11) is 0. The molecule has 1 N–H and O–H groups in total. The van der Waals surface area contributed by atoms with E-state index in [1.165, 1.54) is 11.3 Å². The molecule has 0 saturated carbocycles. The average Bonchev–Trinajstić information content (AvgIpc) is 3.08. The Morgan fingerprint density at radius 2 is 2.19 bits per heavy atom. The van der Waals surface area contributed by atoms with Gasteiger partial charge in [0.25, 0.3) is 5.91 Å². The van der Waals surface area contributed by atoms with Gasteiger partial charge in [-0.1, -0.05) is 0 Å². The maximum atomic E-state index is 11.9. The number of amides is 1. The van der Waals surface area contributed by atoms with Crippen molar-refractivity contribution in [3.63, 3.8) is 0 Å². The molecule has 0 saturated heterocycles. The highest BCUT2D eigenvalue weighted by Gasteiger charge is 2.12. The molecule has 2 aromatic rings. The van der Waals surface area contributed by atoms with Gasteiger partial charge in [-0.15, -0.1) is 11.3 Å². The van der Waals surface area contributed by atoms with Crippen LogP contribution in [0.15, 0.2) is 22.2 Å². The van der Waals surface area contributed by atoms with E-state index in [2.05, 4.69) is 10.3 Å². The fourth-order valence-corrected chi connectivity index (χ4v) is 3.10. The molecule has 2 rings (SSSR count). The predicted octanol–water partition coefficient (Wildman–Crippen LogP) is 2.94. The van der Waals surface area contributed by atoms with E-state index < -0.39 is 0 Å². The number of esters is 1. The van der Waals surface area contributed by atoms with Crippen molar-refractivity contribution >= 4 is 34.6 Å². The molecule has 112 valence electrons. The first kappa shape index (κ1) is 15.7. The van der Waals surface area contributed by atoms with E-state index in [0.29, 0.717) is 5.69 Å². The van der Waals surface area contributed by atoms with E-state index in [9.17, 15) is 9.59 Å². The Bertz CT molecular complexity index is 606. The first-order valence-electron chi connectivity index (χ1n) is 6.52. The number of carbonyl (C=O) groups is 2. The zero-order valence-corrected chi connectivity index (χ0v) is 13.4. The van der Waals surface area contributed by atoms with Crippen LogP contribution in [0.4, 0.5) is 0 Å². The Kier molecular flexibility index (Phi) is 5.46. The number of thiophene rings is 1. The molecule has 0 aliphatic heterocycles. The second-order valence-electron chi connectivity index (χ2n) is 4.59. The Morgan fingerprint density at radius 3 is 2.86 bits per heavy atom. The van der Waals surface area contributed by atoms with Crippen molar-refractivity contribution in [2.75, 3.05) is 6.54 Å². The molecule has 21 heavy (non-hydrogen) atoms. The smallest absolute Gasteiger partial charge is 0.307 e. The van der Waals surface area contributed by atoms with Gasteiger partial charge in [-0.25, -0.2) is 4.98 Å². The van der Waals surface area contributed by atoms with Crippen LogP contribution in [0.3, 0.4) is 0 Å². The lowest BCUT2D eigenvalue weighted by Crippen LogP contribution is -2.27. The summed E-state index contributed by atoms with van der Waals surface area (Å²) in [6.45, 7) is 3.82. The first-order chi connectivity index (χ1) is 10.1. The molecule has 0 bridgehead atoms. The van der Waals surface area contributed by atoms with Crippen molar-refractivity contribution in [2.45, 2.75) is 26.4 Å². The van der Waals surface area contributed by atoms with E-state index >= 15 is 0 Å². The molecule has 0 spiro atoms. The molecule has 0 aromatic carbocycles. The van der Waals surface area contributed by atoms with Gasteiger partial charge in [0.2, 0.25) is 0 Å². The summed E-state index contributed by atoms with van der Waals surface area (Å²) in [5.74, 6) is -0.590. The zero-order valence-electron chi connectivity index (χ0n) is 11.8. The summed E-state index contributed by atoms with van der Waals surface area (Å²) in [4.78, 5) is 27.6. The molecular formula is C14H16N2O3S2. The topological polar surface area (TPSA) is 68.3 Å². The van der Waals surface area contributed by atoms with Gasteiger partial charge in [0.15, 0.2) is 0 Å². The van der Waals surface area contributed by atoms with E-state index in [0.717, 1.165) is 10.6 Å². The number of rotatable bonds is 6. The van der Waals surface area contributed by atoms with E-state index in [-0.39, 0.29) is 30.9 Å². The number of carbonyl (C=O) groups excluding carboxylic acids is 2. The SMILES string of the molecule is CC(C)OC(=O)CCNC(=O)c1csc(-c2ccsc2)n1. The Balaban J connectivity index is 1.83. The Labute approximate surface area is 131 Å². The molecule has 5 nitrogen and oxygen atoms in total. The Morgan fingerprint density at radius 1 is 1.38 bits per heavy atom. The van der Waals surface area contributed by atoms with Crippen LogP contribution in [0, 0.1) is 0 Å². The maximum absolute atomic E-state index is 11.9. The number of nitrogens with zero attached hydrogens (tertiary/aromatic N) is 1. The number of nitrogens with one attached hydrogen (secondary N) is 1. The second kappa shape index (κ2) is 7.33. The van der Waals surface area contributed by atoms with Crippen molar-refractivity contribution in [3.8, 4) is 10.6 Å². The van der Waals surface area contributed by atoms with Gasteiger partial charge in [0.05, 0.1) is 12.5 Å². The third-order valence-corrected chi connectivity index (χ3v) is 4.06. The predicted molar refractivity (Wildman–Crippen MR) is 83.6 cm³/mol. The number of thiazole rings is 1. The molecule has 2 aromatic heterocycles. The van der Waals surface area contributed by atoms with Crippen molar-refractivity contribution in [2.24, 2.45) is 0 Å². The van der Waals surface area contributed by atoms with Crippen LogP contribution in [-0.2, 0) is 9.53 Å². The molecule has 0 aliphatic carbocycles. The average molecular weight is 324 g/mol. The molecule has 0 fully saturated rings. The van der Waals surface area contributed by atoms with Gasteiger partial charge in [-0.2, -0.15) is 11.3 Å². The minimum Gasteiger partial charge on any atom is -0.463 e. The van der Waals surface area contributed by atoms with Gasteiger partial charge in [-0.05, 0) is 25.3 Å². The number of hydrogen-bond acceptors (Lipinski definition) is 6. The van der Waals surface area contributed by atoms with E-state index in [1.54, 1.807) is 30.6 Å². The number of hydrogen-bond donors (Lipinski definition) is 1. The number of ether oxygens (including phenoxy) is 1. The largest absolute Gasteiger partial charge is 0.463 e. The minimum atomic E-state index is -0.317. The third kappa shape index (κ3) is 4.64. The van der Waals surface area contributed by atoms with Gasteiger partial charge in [0.1, 0.15) is 10.7 Å². The Hall–Kier alpha value is -1.73. The van der Waals surface area contributed by atoms with Crippen molar-refractivity contribution < 1.29 is 14.3 Å². The van der Waals surface area contributed by atoms with Gasteiger partial charge >= 0.3 is 5.97 Å². The summed E-state index contributed by atoms with van der Waals surface area (Å²) < 4.78 is 4.99. The molecule has 0 aliphatic rings. The molecular weight excluding hydrogens is 308 g/mol. The van der Waals surface area contributed by atoms with Crippen LogP contribution in [-0.4, -0.2) is 29.5 Å². The standard InChI is InChI=1S/C14H16N2O3S2/c1-9(2)19-12(17)3-5-15-13(18)11-8-21-14(16-11)10-4-6-20-7-10/h4,6-9H,3,5H2,1-2H3,(H,15,18). The van der Waals surface area contributed by atoms with Crippen LogP contribution in [0.1, 0.15) is 30.8 Å². The fraction of sp³-hybridized carbons (Fsp3) is 0.357. The summed E-state index contributed by atoms with van der Waals surface area (Å²) in [5.41, 5.74) is 1.39. The highest BCUT2D eigenvalue weighted by atomic mass is 32.1. The maximum Gasteiger partial charge on any atom is 0.307 e. The minimum absolute atomic E-state index is 0.139. The lowest BCUT2D eigenvalue weighted by atomic mass is 10.3. The molecule has 7 heteroatoms. The summed E-state index contributed by atoms with van der Waals surface area (Å²) in [6, 6.07) is 1.97. The van der Waals surface area contributed by atoms with Gasteiger partial charge in [-0.3, -0.25) is 9.59 Å². The summed E-state index contributed by atoms with van der Waals surface area (Å²) >= 11 is 3.02. The van der Waals surface area contributed by atoms with E-state index in [4.69, 9.17) is 4.74 Å². The van der Waals surface area contributed by atoms with Crippen LogP contribution in [0.25, 0.3) is 10.6 Å². The summed E-state index contributed by atoms with van der Waals surface area (Å²) in [6.07, 6.45) is 0.0192. The van der Waals surface area contributed by atoms with Crippen LogP contribution in [0.2, 0.25) is 0 Å². The quantitative estimate of drug-likeness (QED) is 0.830. The fourth-order valence-electron chi connectivity index (χ4n) is 1.59. The van der Waals surface area contributed by atoms with Gasteiger partial charge < -0.3 is 10.1 Å². The highest BCUT2D eigenvalue weighted by molar-refractivity contribution is 7.14. The number of aromatic nitrogens is 1. The monoisotopic (exact) mass is 324 g/mol. The lowest BCUT2D eigenvalue weighted by molar-refractivity contribution is -0.147. The normalized spacial score (nSPS) is 10.6. The lowest BCUT2D eigenvalue weighted by Gasteiger charge is -2.07.